The number of methoxy groups -OCH3 is 1. The number of hydrogen-bond acceptors (Lipinski definition) is 4. The predicted octanol–water partition coefficient (Wildman–Crippen LogP) is 0.514. The monoisotopic (exact) mass is 298 g/mol. The van der Waals surface area contributed by atoms with Crippen LogP contribution in [0.3, 0.4) is 0 Å². The molecule has 1 heterocycles. The first kappa shape index (κ1) is 14.8. The summed E-state index contributed by atoms with van der Waals surface area (Å²) in [4.78, 5) is 11.7. The van der Waals surface area contributed by atoms with Gasteiger partial charge in [-0.1, -0.05) is 0 Å². The highest BCUT2D eigenvalue weighted by molar-refractivity contribution is 7.89. The number of aryl methyl sites for hydroxylation is 1. The van der Waals surface area contributed by atoms with Crippen LogP contribution in [0.2, 0.25) is 0 Å². The first-order valence-electron chi connectivity index (χ1n) is 6.36. The van der Waals surface area contributed by atoms with Crippen molar-refractivity contribution in [3.8, 4) is 5.75 Å². The Hall–Kier alpha value is -1.60. The highest BCUT2D eigenvalue weighted by Crippen LogP contribution is 2.24. The van der Waals surface area contributed by atoms with Gasteiger partial charge in [0.05, 0.1) is 18.6 Å². The van der Waals surface area contributed by atoms with Gasteiger partial charge in [0.15, 0.2) is 0 Å². The number of carbonyl (C=O) groups is 1. The number of ether oxygens (including phenoxy) is 1. The average Bonchev–Trinajstić information content (AvgIpc) is 2.63. The van der Waals surface area contributed by atoms with E-state index in [1.165, 1.54) is 17.5 Å². The van der Waals surface area contributed by atoms with Crippen LogP contribution in [0.5, 0.6) is 5.75 Å². The second kappa shape index (κ2) is 5.80. The lowest BCUT2D eigenvalue weighted by Gasteiger charge is -2.20. The van der Waals surface area contributed by atoms with Gasteiger partial charge in [-0.05, 0) is 37.1 Å². The van der Waals surface area contributed by atoms with Crippen molar-refractivity contribution in [2.24, 2.45) is 0 Å². The molecule has 0 atom stereocenters. The summed E-state index contributed by atoms with van der Waals surface area (Å²) in [7, 11) is -2.13. The lowest BCUT2D eigenvalue weighted by atomic mass is 10.2. The zero-order valence-electron chi connectivity index (χ0n) is 11.5. The number of amides is 1. The van der Waals surface area contributed by atoms with Gasteiger partial charge in [0, 0.05) is 13.1 Å². The average molecular weight is 298 g/mol. The smallest absolute Gasteiger partial charge is 0.243 e. The zero-order chi connectivity index (χ0) is 14.8. The molecule has 0 saturated carbocycles. The molecule has 0 radical (unpaired) electrons. The number of rotatable bonds is 3. The number of nitrogens with zero attached hydrogens (tertiary/aromatic N) is 1. The minimum absolute atomic E-state index is 0.131. The fraction of sp³-hybridized carbons (Fsp3) is 0.462. The fourth-order valence-electron chi connectivity index (χ4n) is 2.16. The van der Waals surface area contributed by atoms with E-state index in [-0.39, 0.29) is 17.3 Å². The molecule has 1 aromatic carbocycles. The van der Waals surface area contributed by atoms with Crippen molar-refractivity contribution in [1.82, 2.24) is 9.62 Å². The number of nitrogens with one attached hydrogen (secondary N) is 1. The van der Waals surface area contributed by atoms with Crippen LogP contribution in [-0.4, -0.2) is 45.4 Å². The summed E-state index contributed by atoms with van der Waals surface area (Å²) in [5, 5.41) is 2.67. The summed E-state index contributed by atoms with van der Waals surface area (Å²) in [6.07, 6.45) is 0.611. The topological polar surface area (TPSA) is 75.7 Å². The van der Waals surface area contributed by atoms with Crippen LogP contribution in [0.4, 0.5) is 0 Å². The standard InChI is InChI=1S/C13H18N2O4S/c1-10-8-11(19-2)4-5-12(10)20(17,18)15-7-3-6-14-13(16)9-15/h4-5,8H,3,6-7,9H2,1-2H3,(H,14,16). The Balaban J connectivity index is 2.36. The molecule has 1 aliphatic rings. The van der Waals surface area contributed by atoms with Gasteiger partial charge in [-0.15, -0.1) is 0 Å². The van der Waals surface area contributed by atoms with Gasteiger partial charge < -0.3 is 10.1 Å². The maximum atomic E-state index is 12.6. The van der Waals surface area contributed by atoms with Crippen LogP contribution in [0.1, 0.15) is 12.0 Å². The zero-order valence-corrected chi connectivity index (χ0v) is 12.4. The molecule has 110 valence electrons. The highest BCUT2D eigenvalue weighted by Gasteiger charge is 2.29. The van der Waals surface area contributed by atoms with Crippen LogP contribution in [0.15, 0.2) is 23.1 Å². The van der Waals surface area contributed by atoms with Gasteiger partial charge in [-0.3, -0.25) is 4.79 Å². The van der Waals surface area contributed by atoms with Crippen molar-refractivity contribution >= 4 is 15.9 Å². The quantitative estimate of drug-likeness (QED) is 0.882. The largest absolute Gasteiger partial charge is 0.497 e. The molecule has 1 aromatic rings. The molecule has 7 heteroatoms. The van der Waals surface area contributed by atoms with Gasteiger partial charge in [-0.2, -0.15) is 4.31 Å². The van der Waals surface area contributed by atoms with E-state index in [1.807, 2.05) is 0 Å². The SMILES string of the molecule is COc1ccc(S(=O)(=O)N2CCCNC(=O)C2)c(C)c1. The Morgan fingerprint density at radius 2 is 2.10 bits per heavy atom. The molecule has 0 aliphatic carbocycles. The molecule has 1 saturated heterocycles. The summed E-state index contributed by atoms with van der Waals surface area (Å²) in [6.45, 7) is 2.43. The van der Waals surface area contributed by atoms with Gasteiger partial charge in [0.2, 0.25) is 15.9 Å². The molecule has 0 bridgehead atoms. The lowest BCUT2D eigenvalue weighted by molar-refractivity contribution is -0.120. The molecule has 1 aliphatic heterocycles. The van der Waals surface area contributed by atoms with E-state index in [4.69, 9.17) is 4.74 Å². The van der Waals surface area contributed by atoms with Gasteiger partial charge >= 0.3 is 0 Å². The molecule has 1 N–H and O–H groups in total. The number of carbonyl (C=O) groups excluding carboxylic acids is 1. The van der Waals surface area contributed by atoms with Crippen molar-refractivity contribution in [2.75, 3.05) is 26.7 Å². The summed E-state index contributed by atoms with van der Waals surface area (Å²) in [5.74, 6) is 0.340. The molecular weight excluding hydrogens is 280 g/mol. The van der Waals surface area contributed by atoms with Gasteiger partial charge in [0.25, 0.3) is 0 Å². The molecule has 1 fully saturated rings. The van der Waals surface area contributed by atoms with Crippen LogP contribution in [0.25, 0.3) is 0 Å². The Morgan fingerprint density at radius 3 is 2.75 bits per heavy atom. The van der Waals surface area contributed by atoms with Crippen LogP contribution in [0, 0.1) is 6.92 Å². The highest BCUT2D eigenvalue weighted by atomic mass is 32.2. The van der Waals surface area contributed by atoms with Crippen molar-refractivity contribution in [3.05, 3.63) is 23.8 Å². The Kier molecular flexibility index (Phi) is 4.29. The maximum Gasteiger partial charge on any atom is 0.243 e. The normalized spacial score (nSPS) is 17.4. The number of benzene rings is 1. The van der Waals surface area contributed by atoms with E-state index >= 15 is 0 Å². The minimum atomic E-state index is -3.66. The van der Waals surface area contributed by atoms with Crippen LogP contribution < -0.4 is 10.1 Å². The van der Waals surface area contributed by atoms with E-state index in [2.05, 4.69) is 5.32 Å². The summed E-state index contributed by atoms with van der Waals surface area (Å²) < 4.78 is 31.5. The van der Waals surface area contributed by atoms with E-state index in [1.54, 1.807) is 19.1 Å². The van der Waals surface area contributed by atoms with Crippen LogP contribution in [-0.2, 0) is 14.8 Å². The minimum Gasteiger partial charge on any atom is -0.497 e. The second-order valence-corrected chi connectivity index (χ2v) is 6.58. The van der Waals surface area contributed by atoms with Crippen molar-refractivity contribution in [2.45, 2.75) is 18.2 Å². The molecule has 2 rings (SSSR count). The van der Waals surface area contributed by atoms with E-state index < -0.39 is 10.0 Å². The number of hydrogen-bond donors (Lipinski definition) is 1. The molecule has 0 unspecified atom stereocenters. The fourth-order valence-corrected chi connectivity index (χ4v) is 3.80. The number of sulfonamides is 1. The van der Waals surface area contributed by atoms with E-state index in [0.29, 0.717) is 30.8 Å². The Labute approximate surface area is 118 Å². The first-order chi connectivity index (χ1) is 9.45. The third-order valence-corrected chi connectivity index (χ3v) is 5.23. The van der Waals surface area contributed by atoms with E-state index in [9.17, 15) is 13.2 Å². The van der Waals surface area contributed by atoms with Crippen molar-refractivity contribution in [1.29, 1.82) is 0 Å². The summed E-state index contributed by atoms with van der Waals surface area (Å²) in [6, 6.07) is 4.80. The second-order valence-electron chi connectivity index (χ2n) is 4.67. The molecule has 6 nitrogen and oxygen atoms in total. The maximum absolute atomic E-state index is 12.6. The summed E-state index contributed by atoms with van der Waals surface area (Å²) >= 11 is 0. The molecule has 0 spiro atoms. The summed E-state index contributed by atoms with van der Waals surface area (Å²) in [5.41, 5.74) is 0.606. The van der Waals surface area contributed by atoms with Crippen molar-refractivity contribution in [3.63, 3.8) is 0 Å². The molecule has 1 amide bonds. The molecular formula is C13H18N2O4S. The third-order valence-electron chi connectivity index (χ3n) is 3.23. The Bertz CT molecular complexity index is 613. The van der Waals surface area contributed by atoms with Gasteiger partial charge in [-0.25, -0.2) is 8.42 Å². The van der Waals surface area contributed by atoms with E-state index in [0.717, 1.165) is 0 Å². The molecule has 20 heavy (non-hydrogen) atoms. The lowest BCUT2D eigenvalue weighted by Crippen LogP contribution is -2.37. The third kappa shape index (κ3) is 2.94. The van der Waals surface area contributed by atoms with Crippen molar-refractivity contribution < 1.29 is 17.9 Å². The first-order valence-corrected chi connectivity index (χ1v) is 7.80. The van der Waals surface area contributed by atoms with Gasteiger partial charge in [0.1, 0.15) is 5.75 Å². The van der Waals surface area contributed by atoms with Crippen LogP contribution >= 0.6 is 0 Å². The predicted molar refractivity (Wildman–Crippen MR) is 74.1 cm³/mol. The Morgan fingerprint density at radius 1 is 1.35 bits per heavy atom. The molecule has 0 aromatic heterocycles.